The van der Waals surface area contributed by atoms with E-state index in [1.807, 2.05) is 37.8 Å². The molecule has 0 radical (unpaired) electrons. The Balaban J connectivity index is 1.53. The van der Waals surface area contributed by atoms with Gasteiger partial charge in [-0.3, -0.25) is 4.79 Å². The van der Waals surface area contributed by atoms with E-state index < -0.39 is 11.7 Å². The zero-order valence-corrected chi connectivity index (χ0v) is 14.8. The first kappa shape index (κ1) is 17.3. The number of likely N-dealkylation sites (tertiary alicyclic amines) is 1. The Kier molecular flexibility index (Phi) is 4.65. The fourth-order valence-corrected chi connectivity index (χ4v) is 2.98. The second-order valence-corrected chi connectivity index (χ2v) is 7.42. The van der Waals surface area contributed by atoms with Gasteiger partial charge < -0.3 is 19.9 Å². The summed E-state index contributed by atoms with van der Waals surface area (Å²) < 4.78 is 5.23. The van der Waals surface area contributed by atoms with Crippen LogP contribution in [-0.4, -0.2) is 52.1 Å². The van der Waals surface area contributed by atoms with Crippen LogP contribution in [0.25, 0.3) is 11.0 Å². The SMILES string of the molecule is CC(C)(C)OC(=O)NC[C@H]1CCN(C(=O)c2ccc3nc[nH]c3c2)C1. The number of carbonyl (C=O) groups excluding carboxylic acids is 2. The number of hydrogen-bond donors (Lipinski definition) is 2. The van der Waals surface area contributed by atoms with Crippen LogP contribution < -0.4 is 5.32 Å². The third kappa shape index (κ3) is 4.29. The van der Waals surface area contributed by atoms with Crippen LogP contribution in [0.2, 0.25) is 0 Å². The van der Waals surface area contributed by atoms with E-state index in [2.05, 4.69) is 15.3 Å². The molecule has 1 saturated heterocycles. The molecule has 2 aromatic rings. The maximum atomic E-state index is 12.7. The van der Waals surface area contributed by atoms with Gasteiger partial charge in [0.1, 0.15) is 5.60 Å². The third-order valence-electron chi connectivity index (χ3n) is 4.17. The van der Waals surface area contributed by atoms with Gasteiger partial charge in [0.15, 0.2) is 0 Å². The number of amides is 2. The number of benzene rings is 1. The van der Waals surface area contributed by atoms with E-state index in [0.717, 1.165) is 17.5 Å². The molecule has 1 aliphatic rings. The van der Waals surface area contributed by atoms with Gasteiger partial charge in [-0.2, -0.15) is 0 Å². The summed E-state index contributed by atoms with van der Waals surface area (Å²) in [5.74, 6) is 0.253. The summed E-state index contributed by atoms with van der Waals surface area (Å²) in [6, 6.07) is 5.48. The Morgan fingerprint density at radius 1 is 1.40 bits per heavy atom. The molecule has 2 N–H and O–H groups in total. The van der Waals surface area contributed by atoms with Crippen molar-refractivity contribution in [2.45, 2.75) is 32.8 Å². The van der Waals surface area contributed by atoms with Crippen LogP contribution >= 0.6 is 0 Å². The predicted molar refractivity (Wildman–Crippen MR) is 94.3 cm³/mol. The third-order valence-corrected chi connectivity index (χ3v) is 4.17. The monoisotopic (exact) mass is 344 g/mol. The Morgan fingerprint density at radius 3 is 2.96 bits per heavy atom. The minimum Gasteiger partial charge on any atom is -0.444 e. The van der Waals surface area contributed by atoms with Gasteiger partial charge in [-0.05, 0) is 51.3 Å². The Hall–Kier alpha value is -2.57. The summed E-state index contributed by atoms with van der Waals surface area (Å²) in [5.41, 5.74) is 1.84. The lowest BCUT2D eigenvalue weighted by molar-refractivity contribution is 0.0520. The van der Waals surface area contributed by atoms with Gasteiger partial charge in [0.05, 0.1) is 17.4 Å². The number of aromatic amines is 1. The second-order valence-electron chi connectivity index (χ2n) is 7.42. The zero-order valence-electron chi connectivity index (χ0n) is 14.8. The highest BCUT2D eigenvalue weighted by atomic mass is 16.6. The molecule has 25 heavy (non-hydrogen) atoms. The number of aromatic nitrogens is 2. The summed E-state index contributed by atoms with van der Waals surface area (Å²) >= 11 is 0. The van der Waals surface area contributed by atoms with Gasteiger partial charge >= 0.3 is 6.09 Å². The Labute approximate surface area is 146 Å². The molecule has 1 aromatic carbocycles. The van der Waals surface area contributed by atoms with Crippen molar-refractivity contribution >= 4 is 23.0 Å². The number of nitrogens with one attached hydrogen (secondary N) is 2. The topological polar surface area (TPSA) is 87.3 Å². The first-order valence-electron chi connectivity index (χ1n) is 8.51. The first-order valence-corrected chi connectivity index (χ1v) is 8.51. The minimum absolute atomic E-state index is 0.0104. The lowest BCUT2D eigenvalue weighted by Crippen LogP contribution is -2.36. The van der Waals surface area contributed by atoms with Crippen molar-refractivity contribution in [2.24, 2.45) is 5.92 Å². The number of rotatable bonds is 3. The summed E-state index contributed by atoms with van der Waals surface area (Å²) in [5, 5.41) is 2.79. The highest BCUT2D eigenvalue weighted by Gasteiger charge is 2.28. The predicted octanol–water partition coefficient (Wildman–Crippen LogP) is 2.55. The second kappa shape index (κ2) is 6.74. The van der Waals surface area contributed by atoms with E-state index in [1.165, 1.54) is 0 Å². The molecule has 1 aliphatic heterocycles. The molecule has 1 atom stereocenters. The number of H-pyrrole nitrogens is 1. The van der Waals surface area contributed by atoms with Crippen LogP contribution in [0.5, 0.6) is 0 Å². The number of imidazole rings is 1. The van der Waals surface area contributed by atoms with Crippen molar-refractivity contribution in [3.63, 3.8) is 0 Å². The Bertz CT molecular complexity index is 778. The van der Waals surface area contributed by atoms with E-state index in [9.17, 15) is 9.59 Å². The number of carbonyl (C=O) groups is 2. The van der Waals surface area contributed by atoms with Crippen molar-refractivity contribution in [3.05, 3.63) is 30.1 Å². The molecule has 7 heteroatoms. The minimum atomic E-state index is -0.507. The molecule has 0 saturated carbocycles. The van der Waals surface area contributed by atoms with Gasteiger partial charge in [-0.25, -0.2) is 9.78 Å². The lowest BCUT2D eigenvalue weighted by atomic mass is 10.1. The van der Waals surface area contributed by atoms with Gasteiger partial charge in [0, 0.05) is 25.2 Å². The van der Waals surface area contributed by atoms with Crippen LogP contribution in [0, 0.1) is 5.92 Å². The van der Waals surface area contributed by atoms with E-state index in [-0.39, 0.29) is 11.8 Å². The number of nitrogens with zero attached hydrogens (tertiary/aromatic N) is 2. The smallest absolute Gasteiger partial charge is 0.407 e. The highest BCUT2D eigenvalue weighted by Crippen LogP contribution is 2.20. The van der Waals surface area contributed by atoms with Crippen LogP contribution in [0.15, 0.2) is 24.5 Å². The number of alkyl carbamates (subject to hydrolysis) is 1. The highest BCUT2D eigenvalue weighted by molar-refractivity contribution is 5.97. The quantitative estimate of drug-likeness (QED) is 0.896. The molecule has 134 valence electrons. The maximum Gasteiger partial charge on any atom is 0.407 e. The van der Waals surface area contributed by atoms with Crippen molar-refractivity contribution in [2.75, 3.05) is 19.6 Å². The van der Waals surface area contributed by atoms with E-state index in [4.69, 9.17) is 4.74 Å². The molecule has 0 spiro atoms. The van der Waals surface area contributed by atoms with Crippen molar-refractivity contribution in [3.8, 4) is 0 Å². The number of hydrogen-bond acceptors (Lipinski definition) is 4. The van der Waals surface area contributed by atoms with Gasteiger partial charge in [0.2, 0.25) is 0 Å². The molecule has 2 heterocycles. The average molecular weight is 344 g/mol. The molecular weight excluding hydrogens is 320 g/mol. The standard InChI is InChI=1S/C18H24N4O3/c1-18(2,3)25-17(24)19-9-12-6-7-22(10-12)16(23)13-4-5-14-15(8-13)21-11-20-14/h4-5,8,11-12H,6-7,9-10H2,1-3H3,(H,19,24)(H,20,21)/t12-/m1/s1. The first-order chi connectivity index (χ1) is 11.8. The average Bonchev–Trinajstić information content (AvgIpc) is 3.19. The number of fused-ring (bicyclic) bond motifs is 1. The molecular formula is C18H24N4O3. The molecule has 0 unspecified atom stereocenters. The lowest BCUT2D eigenvalue weighted by Gasteiger charge is -2.21. The van der Waals surface area contributed by atoms with Crippen LogP contribution in [0.1, 0.15) is 37.6 Å². The maximum absolute atomic E-state index is 12.7. The summed E-state index contributed by atoms with van der Waals surface area (Å²) in [6.45, 7) is 7.34. The zero-order chi connectivity index (χ0) is 18.0. The molecule has 0 bridgehead atoms. The molecule has 0 aliphatic carbocycles. The van der Waals surface area contributed by atoms with Crippen LogP contribution in [0.4, 0.5) is 4.79 Å². The van der Waals surface area contributed by atoms with E-state index >= 15 is 0 Å². The Morgan fingerprint density at radius 2 is 2.20 bits per heavy atom. The fraction of sp³-hybridized carbons (Fsp3) is 0.500. The van der Waals surface area contributed by atoms with Crippen molar-refractivity contribution in [1.29, 1.82) is 0 Å². The number of ether oxygens (including phenoxy) is 1. The van der Waals surface area contributed by atoms with Crippen molar-refractivity contribution in [1.82, 2.24) is 20.2 Å². The molecule has 7 nitrogen and oxygen atoms in total. The van der Waals surface area contributed by atoms with Gasteiger partial charge in [-0.15, -0.1) is 0 Å². The molecule has 1 fully saturated rings. The van der Waals surface area contributed by atoms with E-state index in [1.54, 1.807) is 12.4 Å². The van der Waals surface area contributed by atoms with E-state index in [0.29, 0.717) is 25.2 Å². The van der Waals surface area contributed by atoms with Gasteiger partial charge in [0.25, 0.3) is 5.91 Å². The summed E-state index contributed by atoms with van der Waals surface area (Å²) in [6.07, 6.45) is 2.07. The van der Waals surface area contributed by atoms with Crippen LogP contribution in [0.3, 0.4) is 0 Å². The van der Waals surface area contributed by atoms with Crippen molar-refractivity contribution < 1.29 is 14.3 Å². The molecule has 2 amide bonds. The van der Waals surface area contributed by atoms with Crippen LogP contribution in [-0.2, 0) is 4.74 Å². The normalized spacial score (nSPS) is 17.7. The summed E-state index contributed by atoms with van der Waals surface area (Å²) in [7, 11) is 0. The largest absolute Gasteiger partial charge is 0.444 e. The summed E-state index contributed by atoms with van der Waals surface area (Å²) in [4.78, 5) is 33.4. The molecule has 1 aromatic heterocycles. The van der Waals surface area contributed by atoms with Gasteiger partial charge in [-0.1, -0.05) is 0 Å². The molecule has 3 rings (SSSR count). The fourth-order valence-electron chi connectivity index (χ4n) is 2.98.